The first-order valence-electron chi connectivity index (χ1n) is 10.6. The maximum Gasteiger partial charge on any atom is 0.338 e. The summed E-state index contributed by atoms with van der Waals surface area (Å²) in [4.78, 5) is 50.8. The maximum absolute atomic E-state index is 12.7. The van der Waals surface area contributed by atoms with Gasteiger partial charge in [-0.05, 0) is 62.7 Å². The zero-order valence-electron chi connectivity index (χ0n) is 18.3. The summed E-state index contributed by atoms with van der Waals surface area (Å²) in [5.74, 6) is -0.828. The molecule has 0 saturated carbocycles. The van der Waals surface area contributed by atoms with Crippen molar-refractivity contribution in [3.8, 4) is 5.75 Å². The Bertz CT molecular complexity index is 1030. The third-order valence-corrected chi connectivity index (χ3v) is 4.95. The highest BCUT2D eigenvalue weighted by Gasteiger charge is 2.33. The van der Waals surface area contributed by atoms with Crippen LogP contribution in [0, 0.1) is 0 Å². The number of fused-ring (bicyclic) bond motifs is 1. The first kappa shape index (κ1) is 23.0. The highest BCUT2D eigenvalue weighted by molar-refractivity contribution is 6.07. The lowest BCUT2D eigenvalue weighted by atomic mass is 10.0. The number of anilines is 2. The molecule has 8 nitrogen and oxygen atoms in total. The monoisotopic (exact) mass is 438 g/mol. The van der Waals surface area contributed by atoms with Gasteiger partial charge in [0.25, 0.3) is 5.91 Å². The molecule has 0 spiro atoms. The van der Waals surface area contributed by atoms with E-state index in [1.807, 2.05) is 6.92 Å². The third kappa shape index (κ3) is 5.14. The predicted octanol–water partition coefficient (Wildman–Crippen LogP) is 3.60. The number of Topliss-reactive ketones (excluding diaryl/α,β-unsaturated/α-hetero) is 1. The van der Waals surface area contributed by atoms with Gasteiger partial charge < -0.3 is 14.8 Å². The van der Waals surface area contributed by atoms with Crippen molar-refractivity contribution < 1.29 is 28.7 Å². The van der Waals surface area contributed by atoms with E-state index in [0.717, 1.165) is 0 Å². The van der Waals surface area contributed by atoms with Crippen LogP contribution in [0.1, 0.15) is 54.3 Å². The van der Waals surface area contributed by atoms with Crippen LogP contribution in [0.3, 0.4) is 0 Å². The zero-order chi connectivity index (χ0) is 23.3. The van der Waals surface area contributed by atoms with Crippen molar-refractivity contribution in [3.05, 3.63) is 53.6 Å². The standard InChI is InChI=1S/C24H26N2O6/c1-4-6-20(27)17-9-12-21-19(13-17)26(23(29)15(3)32-21)14-22(28)25-18-10-7-16(8-11-18)24(30)31-5-2/h7-13,15H,4-6,14H2,1-3H3,(H,25,28). The van der Waals surface area contributed by atoms with Crippen molar-refractivity contribution in [2.45, 2.75) is 39.7 Å². The van der Waals surface area contributed by atoms with Crippen LogP contribution in [0.4, 0.5) is 11.4 Å². The van der Waals surface area contributed by atoms with Crippen molar-refractivity contribution in [2.24, 2.45) is 0 Å². The molecule has 1 N–H and O–H groups in total. The Hall–Kier alpha value is -3.68. The number of nitrogens with one attached hydrogen (secondary N) is 1. The Morgan fingerprint density at radius 3 is 2.41 bits per heavy atom. The number of carbonyl (C=O) groups is 4. The average Bonchev–Trinajstić information content (AvgIpc) is 2.77. The van der Waals surface area contributed by atoms with Gasteiger partial charge in [-0.2, -0.15) is 0 Å². The molecule has 2 aromatic rings. The number of carbonyl (C=O) groups excluding carboxylic acids is 4. The minimum atomic E-state index is -0.753. The number of hydrogen-bond donors (Lipinski definition) is 1. The maximum atomic E-state index is 12.7. The quantitative estimate of drug-likeness (QED) is 0.499. The van der Waals surface area contributed by atoms with E-state index in [1.165, 1.54) is 4.90 Å². The molecule has 1 unspecified atom stereocenters. The van der Waals surface area contributed by atoms with Crippen molar-refractivity contribution in [1.82, 2.24) is 0 Å². The van der Waals surface area contributed by atoms with Gasteiger partial charge in [-0.15, -0.1) is 0 Å². The second-order valence-corrected chi connectivity index (χ2v) is 7.39. The SMILES string of the molecule is CCCC(=O)c1ccc2c(c1)N(CC(=O)Nc1ccc(C(=O)OCC)cc1)C(=O)C(C)O2. The number of ketones is 1. The fraction of sp³-hybridized carbons (Fsp3) is 0.333. The largest absolute Gasteiger partial charge is 0.479 e. The summed E-state index contributed by atoms with van der Waals surface area (Å²) in [5, 5.41) is 2.72. The van der Waals surface area contributed by atoms with Gasteiger partial charge in [0.1, 0.15) is 12.3 Å². The molecule has 0 fully saturated rings. The number of benzene rings is 2. The fourth-order valence-corrected chi connectivity index (χ4v) is 3.36. The van der Waals surface area contributed by atoms with Crippen LogP contribution in [0.25, 0.3) is 0 Å². The number of amides is 2. The molecule has 2 amide bonds. The van der Waals surface area contributed by atoms with Crippen LogP contribution >= 0.6 is 0 Å². The van der Waals surface area contributed by atoms with E-state index in [4.69, 9.17) is 9.47 Å². The molecule has 1 atom stereocenters. The van der Waals surface area contributed by atoms with Crippen LogP contribution in [0.2, 0.25) is 0 Å². The van der Waals surface area contributed by atoms with Gasteiger partial charge in [-0.3, -0.25) is 19.3 Å². The number of nitrogens with zero attached hydrogens (tertiary/aromatic N) is 1. The summed E-state index contributed by atoms with van der Waals surface area (Å²) in [7, 11) is 0. The molecule has 2 aromatic carbocycles. The molecular formula is C24H26N2O6. The van der Waals surface area contributed by atoms with E-state index in [1.54, 1.807) is 56.3 Å². The molecular weight excluding hydrogens is 412 g/mol. The van der Waals surface area contributed by atoms with Crippen LogP contribution < -0.4 is 15.0 Å². The van der Waals surface area contributed by atoms with Gasteiger partial charge in [0.05, 0.1) is 17.9 Å². The van der Waals surface area contributed by atoms with E-state index >= 15 is 0 Å². The molecule has 8 heteroatoms. The van der Waals surface area contributed by atoms with E-state index in [2.05, 4.69) is 5.32 Å². The first-order valence-corrected chi connectivity index (χ1v) is 10.6. The molecule has 1 aliphatic heterocycles. The third-order valence-electron chi connectivity index (χ3n) is 4.95. The van der Waals surface area contributed by atoms with Crippen molar-refractivity contribution in [1.29, 1.82) is 0 Å². The second kappa shape index (κ2) is 10.1. The molecule has 1 aliphatic rings. The Labute approximate surface area is 186 Å². The first-order chi connectivity index (χ1) is 15.3. The Morgan fingerprint density at radius 1 is 1.06 bits per heavy atom. The van der Waals surface area contributed by atoms with Gasteiger partial charge in [-0.1, -0.05) is 6.92 Å². The molecule has 1 heterocycles. The van der Waals surface area contributed by atoms with Gasteiger partial charge >= 0.3 is 5.97 Å². The van der Waals surface area contributed by atoms with E-state index in [9.17, 15) is 19.2 Å². The van der Waals surface area contributed by atoms with E-state index in [-0.39, 0.29) is 24.8 Å². The number of hydrogen-bond acceptors (Lipinski definition) is 6. The summed E-state index contributed by atoms with van der Waals surface area (Å²) >= 11 is 0. The molecule has 3 rings (SSSR count). The highest BCUT2D eigenvalue weighted by Crippen LogP contribution is 2.35. The van der Waals surface area contributed by atoms with Gasteiger partial charge in [0.15, 0.2) is 11.9 Å². The number of ether oxygens (including phenoxy) is 2. The van der Waals surface area contributed by atoms with Crippen LogP contribution in [-0.4, -0.2) is 42.8 Å². The summed E-state index contributed by atoms with van der Waals surface area (Å²) in [6, 6.07) is 11.2. The number of esters is 1. The van der Waals surface area contributed by atoms with Crippen molar-refractivity contribution in [3.63, 3.8) is 0 Å². The molecule has 0 aromatic heterocycles. The number of rotatable bonds is 8. The summed E-state index contributed by atoms with van der Waals surface area (Å²) in [6.45, 7) is 5.28. The minimum Gasteiger partial charge on any atom is -0.479 e. The molecule has 0 saturated heterocycles. The molecule has 0 radical (unpaired) electrons. The normalized spacial score (nSPS) is 14.9. The zero-order valence-corrected chi connectivity index (χ0v) is 18.3. The van der Waals surface area contributed by atoms with Gasteiger partial charge in [-0.25, -0.2) is 4.79 Å². The second-order valence-electron chi connectivity index (χ2n) is 7.39. The van der Waals surface area contributed by atoms with E-state index in [0.29, 0.717) is 41.1 Å². The average molecular weight is 438 g/mol. The molecule has 32 heavy (non-hydrogen) atoms. The van der Waals surface area contributed by atoms with E-state index < -0.39 is 18.0 Å². The Kier molecular flexibility index (Phi) is 7.25. The summed E-state index contributed by atoms with van der Waals surface area (Å²) in [6.07, 6.45) is 0.354. The van der Waals surface area contributed by atoms with Crippen LogP contribution in [0.5, 0.6) is 5.75 Å². The lowest BCUT2D eigenvalue weighted by Gasteiger charge is -2.32. The van der Waals surface area contributed by atoms with Gasteiger partial charge in [0, 0.05) is 17.7 Å². The Morgan fingerprint density at radius 2 is 1.75 bits per heavy atom. The van der Waals surface area contributed by atoms with Crippen molar-refractivity contribution >= 4 is 34.9 Å². The summed E-state index contributed by atoms with van der Waals surface area (Å²) in [5.41, 5.74) is 1.71. The summed E-state index contributed by atoms with van der Waals surface area (Å²) < 4.78 is 10.6. The van der Waals surface area contributed by atoms with Crippen molar-refractivity contribution in [2.75, 3.05) is 23.4 Å². The Balaban J connectivity index is 1.76. The predicted molar refractivity (Wildman–Crippen MR) is 119 cm³/mol. The lowest BCUT2D eigenvalue weighted by Crippen LogP contribution is -2.47. The highest BCUT2D eigenvalue weighted by atomic mass is 16.5. The molecule has 168 valence electrons. The smallest absolute Gasteiger partial charge is 0.338 e. The van der Waals surface area contributed by atoms with Gasteiger partial charge in [0.2, 0.25) is 5.91 Å². The lowest BCUT2D eigenvalue weighted by molar-refractivity contribution is -0.127. The minimum absolute atomic E-state index is 0.0348. The molecule has 0 bridgehead atoms. The van der Waals surface area contributed by atoms with Crippen LogP contribution in [0.15, 0.2) is 42.5 Å². The fourth-order valence-electron chi connectivity index (χ4n) is 3.36. The topological polar surface area (TPSA) is 102 Å². The van der Waals surface area contributed by atoms with Crippen LogP contribution in [-0.2, 0) is 14.3 Å². The molecule has 0 aliphatic carbocycles.